The number of rotatable bonds is 3. The second kappa shape index (κ2) is 6.68. The quantitative estimate of drug-likeness (QED) is 0.346. The molecule has 2 heterocycles. The van der Waals surface area contributed by atoms with Crippen molar-refractivity contribution in [2.75, 3.05) is 0 Å². The van der Waals surface area contributed by atoms with E-state index in [4.69, 9.17) is 9.97 Å². The van der Waals surface area contributed by atoms with Crippen molar-refractivity contribution in [3.63, 3.8) is 0 Å². The highest BCUT2D eigenvalue weighted by molar-refractivity contribution is 7.22. The Morgan fingerprint density at radius 1 is 0.704 bits per heavy atom. The summed E-state index contributed by atoms with van der Waals surface area (Å²) in [5.74, 6) is -0.253. The highest BCUT2D eigenvalue weighted by atomic mass is 32.1. The van der Waals surface area contributed by atoms with Gasteiger partial charge in [0.2, 0.25) is 0 Å². The van der Waals surface area contributed by atoms with Crippen LogP contribution in [0.25, 0.3) is 32.1 Å². The molecule has 0 atom stereocenters. The van der Waals surface area contributed by atoms with E-state index in [1.54, 1.807) is 34.8 Å². The van der Waals surface area contributed by atoms with Gasteiger partial charge in [-0.2, -0.15) is 0 Å². The fourth-order valence-corrected chi connectivity index (χ4v) is 4.97. The van der Waals surface area contributed by atoms with E-state index in [0.29, 0.717) is 5.56 Å². The van der Waals surface area contributed by atoms with Crippen molar-refractivity contribution in [1.82, 2.24) is 9.97 Å². The van der Waals surface area contributed by atoms with Gasteiger partial charge in [0.05, 0.1) is 20.4 Å². The zero-order valence-corrected chi connectivity index (χ0v) is 15.7. The van der Waals surface area contributed by atoms with Gasteiger partial charge in [-0.3, -0.25) is 0 Å². The first kappa shape index (κ1) is 16.3. The van der Waals surface area contributed by atoms with E-state index in [2.05, 4.69) is 12.1 Å². The van der Waals surface area contributed by atoms with E-state index in [9.17, 15) is 4.39 Å². The van der Waals surface area contributed by atoms with Crippen LogP contribution in [0, 0.1) is 5.82 Å². The molecule has 0 aliphatic heterocycles. The maximum Gasteiger partial charge on any atom is 0.130 e. The third-order valence-electron chi connectivity index (χ3n) is 4.25. The van der Waals surface area contributed by atoms with Crippen molar-refractivity contribution >= 4 is 54.8 Å². The second-order valence-corrected chi connectivity index (χ2v) is 8.11. The van der Waals surface area contributed by atoms with Crippen LogP contribution >= 0.6 is 22.7 Å². The minimum absolute atomic E-state index is 0.253. The fourth-order valence-electron chi connectivity index (χ4n) is 2.94. The van der Waals surface area contributed by atoms with Gasteiger partial charge in [-0.15, -0.1) is 22.7 Å². The Kier molecular flexibility index (Phi) is 4.03. The minimum Gasteiger partial charge on any atom is -0.236 e. The Bertz CT molecular complexity index is 1160. The van der Waals surface area contributed by atoms with Gasteiger partial charge >= 0.3 is 0 Å². The predicted molar refractivity (Wildman–Crippen MR) is 113 cm³/mol. The van der Waals surface area contributed by atoms with Crippen LogP contribution in [0.3, 0.4) is 0 Å². The first-order chi connectivity index (χ1) is 13.3. The average molecular weight is 388 g/mol. The second-order valence-electron chi connectivity index (χ2n) is 6.05. The molecular formula is C22H13FN2S2. The number of hydrogen-bond acceptors (Lipinski definition) is 4. The number of aromatic nitrogens is 2. The van der Waals surface area contributed by atoms with Gasteiger partial charge in [-0.25, -0.2) is 14.4 Å². The number of nitrogens with zero attached hydrogens (tertiary/aromatic N) is 2. The number of benzene rings is 3. The van der Waals surface area contributed by atoms with Crippen LogP contribution in [0.5, 0.6) is 0 Å². The molecule has 2 nitrogen and oxygen atoms in total. The summed E-state index contributed by atoms with van der Waals surface area (Å²) < 4.78 is 16.5. The standard InChI is InChI=1S/C22H13FN2S2/c23-16-8-2-1-7-14(16)13-15(21-24-17-9-3-5-11-19(17)26-21)22-25-18-10-4-6-12-20(18)27-22/h1-13H. The summed E-state index contributed by atoms with van der Waals surface area (Å²) in [6.45, 7) is 0. The highest BCUT2D eigenvalue weighted by Crippen LogP contribution is 2.36. The Morgan fingerprint density at radius 3 is 1.78 bits per heavy atom. The smallest absolute Gasteiger partial charge is 0.130 e. The first-order valence-electron chi connectivity index (χ1n) is 8.46. The third kappa shape index (κ3) is 3.05. The van der Waals surface area contributed by atoms with Gasteiger partial charge < -0.3 is 0 Å². The first-order valence-corrected chi connectivity index (χ1v) is 10.1. The lowest BCUT2D eigenvalue weighted by Gasteiger charge is -2.02. The molecule has 130 valence electrons. The maximum atomic E-state index is 14.3. The Labute approximate surface area is 163 Å². The molecule has 0 unspecified atom stereocenters. The van der Waals surface area contributed by atoms with E-state index in [1.807, 2.05) is 48.5 Å². The van der Waals surface area contributed by atoms with Gasteiger partial charge in [0, 0.05) is 11.1 Å². The van der Waals surface area contributed by atoms with Crippen molar-refractivity contribution in [3.05, 3.63) is 94.2 Å². The third-order valence-corrected chi connectivity index (χ3v) is 6.39. The lowest BCUT2D eigenvalue weighted by atomic mass is 10.1. The zero-order chi connectivity index (χ0) is 18.2. The molecule has 0 bridgehead atoms. The van der Waals surface area contributed by atoms with Crippen LogP contribution in [-0.4, -0.2) is 9.97 Å². The van der Waals surface area contributed by atoms with Gasteiger partial charge in [-0.1, -0.05) is 42.5 Å². The molecular weight excluding hydrogens is 375 g/mol. The molecule has 0 fully saturated rings. The van der Waals surface area contributed by atoms with Crippen molar-refractivity contribution < 1.29 is 4.39 Å². The van der Waals surface area contributed by atoms with E-state index in [0.717, 1.165) is 36.0 Å². The normalized spacial score (nSPS) is 11.1. The minimum atomic E-state index is -0.253. The monoisotopic (exact) mass is 388 g/mol. The van der Waals surface area contributed by atoms with Gasteiger partial charge in [0.15, 0.2) is 0 Å². The molecule has 0 spiro atoms. The van der Waals surface area contributed by atoms with E-state index >= 15 is 0 Å². The van der Waals surface area contributed by atoms with Crippen LogP contribution < -0.4 is 0 Å². The Morgan fingerprint density at radius 2 is 1.22 bits per heavy atom. The maximum absolute atomic E-state index is 14.3. The number of para-hydroxylation sites is 2. The van der Waals surface area contributed by atoms with Crippen molar-refractivity contribution in [2.24, 2.45) is 0 Å². The molecule has 0 amide bonds. The summed E-state index contributed by atoms with van der Waals surface area (Å²) in [5, 5.41) is 1.69. The number of fused-ring (bicyclic) bond motifs is 2. The predicted octanol–water partition coefficient (Wildman–Crippen LogP) is 6.63. The van der Waals surface area contributed by atoms with Crippen molar-refractivity contribution in [1.29, 1.82) is 0 Å². The van der Waals surface area contributed by atoms with Crippen molar-refractivity contribution in [2.45, 2.75) is 0 Å². The summed E-state index contributed by atoms with van der Waals surface area (Å²) in [4.78, 5) is 9.56. The molecule has 2 aromatic heterocycles. The highest BCUT2D eigenvalue weighted by Gasteiger charge is 2.16. The largest absolute Gasteiger partial charge is 0.236 e. The molecule has 0 aliphatic carbocycles. The van der Waals surface area contributed by atoms with E-state index < -0.39 is 0 Å². The van der Waals surface area contributed by atoms with Crippen LogP contribution in [0.4, 0.5) is 4.39 Å². The van der Waals surface area contributed by atoms with Crippen LogP contribution in [0.15, 0.2) is 72.8 Å². The Balaban J connectivity index is 1.75. The summed E-state index contributed by atoms with van der Waals surface area (Å²) in [6.07, 6.45) is 1.85. The molecule has 5 rings (SSSR count). The SMILES string of the molecule is Fc1ccccc1C=C(c1nc2ccccc2s1)c1nc2ccccc2s1. The number of halogens is 1. The molecule has 5 heteroatoms. The van der Waals surface area contributed by atoms with E-state index in [-0.39, 0.29) is 5.82 Å². The summed E-state index contributed by atoms with van der Waals surface area (Å²) in [5.41, 5.74) is 3.27. The van der Waals surface area contributed by atoms with E-state index in [1.165, 1.54) is 6.07 Å². The summed E-state index contributed by atoms with van der Waals surface area (Å²) in [6, 6.07) is 22.8. The van der Waals surface area contributed by atoms with Gasteiger partial charge in [0.1, 0.15) is 15.8 Å². The van der Waals surface area contributed by atoms with Gasteiger partial charge in [0.25, 0.3) is 0 Å². The molecule has 27 heavy (non-hydrogen) atoms. The molecule has 0 aliphatic rings. The van der Waals surface area contributed by atoms with Crippen molar-refractivity contribution in [3.8, 4) is 0 Å². The lowest BCUT2D eigenvalue weighted by Crippen LogP contribution is -1.88. The average Bonchev–Trinajstić information content (AvgIpc) is 3.31. The van der Waals surface area contributed by atoms with Crippen LogP contribution in [0.1, 0.15) is 15.6 Å². The van der Waals surface area contributed by atoms with Crippen LogP contribution in [-0.2, 0) is 0 Å². The van der Waals surface area contributed by atoms with Gasteiger partial charge in [-0.05, 0) is 36.4 Å². The molecule has 3 aromatic carbocycles. The molecule has 0 saturated heterocycles. The fraction of sp³-hybridized carbons (Fsp3) is 0. The molecule has 0 N–H and O–H groups in total. The summed E-state index contributed by atoms with van der Waals surface area (Å²) in [7, 11) is 0. The number of hydrogen-bond donors (Lipinski definition) is 0. The lowest BCUT2D eigenvalue weighted by molar-refractivity contribution is 0.625. The molecule has 0 radical (unpaired) electrons. The molecule has 5 aromatic rings. The van der Waals surface area contributed by atoms with Crippen LogP contribution in [0.2, 0.25) is 0 Å². The summed E-state index contributed by atoms with van der Waals surface area (Å²) >= 11 is 3.20. The topological polar surface area (TPSA) is 25.8 Å². The number of thiazole rings is 2. The Hall–Kier alpha value is -2.89. The molecule has 0 saturated carbocycles. The zero-order valence-electron chi connectivity index (χ0n) is 14.1.